The number of hydrogen-bond donors (Lipinski definition) is 1. The van der Waals surface area contributed by atoms with E-state index in [0.717, 1.165) is 17.1 Å². The van der Waals surface area contributed by atoms with E-state index in [1.54, 1.807) is 11.0 Å². The molecule has 7 nitrogen and oxygen atoms in total. The molecule has 2 aromatic carbocycles. The van der Waals surface area contributed by atoms with E-state index in [1.807, 2.05) is 41.0 Å². The molecule has 3 aromatic rings. The molecule has 156 valence electrons. The molecule has 0 bridgehead atoms. The van der Waals surface area contributed by atoms with Crippen molar-refractivity contribution in [3.05, 3.63) is 71.5 Å². The number of likely N-dealkylation sites (tertiary alicyclic amines) is 1. The van der Waals surface area contributed by atoms with Crippen LogP contribution < -0.4 is 9.47 Å². The highest BCUT2D eigenvalue weighted by Gasteiger charge is 2.45. The molecule has 0 saturated carbocycles. The van der Waals surface area contributed by atoms with Gasteiger partial charge >= 0.3 is 0 Å². The van der Waals surface area contributed by atoms with Crippen LogP contribution in [0.2, 0.25) is 0 Å². The lowest BCUT2D eigenvalue weighted by atomic mass is 9.86. The lowest BCUT2D eigenvalue weighted by Gasteiger charge is -2.45. The smallest absolute Gasteiger partial charge is 0.257 e. The number of nitriles is 1. The van der Waals surface area contributed by atoms with Crippen LogP contribution in [0.25, 0.3) is 5.69 Å². The second-order valence-electron chi connectivity index (χ2n) is 7.79. The van der Waals surface area contributed by atoms with Gasteiger partial charge in [-0.3, -0.25) is 9.36 Å². The first-order chi connectivity index (χ1) is 15.1. The Kier molecular flexibility index (Phi) is 4.36. The standard InChI is InChI=1S/C24H21N3O4/c1-30-21-14-17(28)7-8-18(21)23(29)26-12-10-24(11-13-26)22-9-6-16(15-25)27(22)19-4-2-3-5-20(19)31-24/h2-9,14,28H,10-13H2,1H3. The van der Waals surface area contributed by atoms with Crippen molar-refractivity contribution >= 4 is 5.91 Å². The number of aromatic nitrogens is 1. The van der Waals surface area contributed by atoms with Crippen LogP contribution in [-0.4, -0.2) is 40.7 Å². The minimum Gasteiger partial charge on any atom is -0.508 e. The molecule has 3 heterocycles. The highest BCUT2D eigenvalue weighted by Crippen LogP contribution is 2.46. The van der Waals surface area contributed by atoms with Crippen molar-refractivity contribution in [2.75, 3.05) is 20.2 Å². The molecule has 2 aliphatic rings. The third kappa shape index (κ3) is 2.91. The molecule has 7 heteroatoms. The molecule has 1 aromatic heterocycles. The van der Waals surface area contributed by atoms with E-state index in [9.17, 15) is 15.2 Å². The molecule has 0 aliphatic carbocycles. The fourth-order valence-corrected chi connectivity index (χ4v) is 4.59. The van der Waals surface area contributed by atoms with Gasteiger partial charge in [0, 0.05) is 32.0 Å². The molecular weight excluding hydrogens is 394 g/mol. The normalized spacial score (nSPS) is 16.1. The quantitative estimate of drug-likeness (QED) is 0.691. The third-order valence-electron chi connectivity index (χ3n) is 6.15. The first-order valence-electron chi connectivity index (χ1n) is 10.1. The summed E-state index contributed by atoms with van der Waals surface area (Å²) in [6.07, 6.45) is 1.20. The number of fused-ring (bicyclic) bond motifs is 4. The summed E-state index contributed by atoms with van der Waals surface area (Å²) in [6, 6.07) is 18.3. The first-order valence-corrected chi connectivity index (χ1v) is 10.1. The van der Waals surface area contributed by atoms with E-state index in [2.05, 4.69) is 6.07 Å². The predicted octanol–water partition coefficient (Wildman–Crippen LogP) is 3.59. The van der Waals surface area contributed by atoms with Crippen LogP contribution in [0.1, 0.15) is 34.6 Å². The Labute approximate surface area is 179 Å². The van der Waals surface area contributed by atoms with E-state index >= 15 is 0 Å². The molecule has 0 radical (unpaired) electrons. The fraction of sp³-hybridized carbons (Fsp3) is 0.250. The van der Waals surface area contributed by atoms with E-state index < -0.39 is 5.60 Å². The summed E-state index contributed by atoms with van der Waals surface area (Å²) in [7, 11) is 1.48. The highest BCUT2D eigenvalue weighted by atomic mass is 16.5. The minimum atomic E-state index is -0.598. The molecule has 1 amide bonds. The Hall–Kier alpha value is -3.92. The highest BCUT2D eigenvalue weighted by molar-refractivity contribution is 5.97. The zero-order valence-electron chi connectivity index (χ0n) is 17.0. The molecule has 5 rings (SSSR count). The molecule has 1 fully saturated rings. The number of nitrogens with zero attached hydrogens (tertiary/aromatic N) is 3. The van der Waals surface area contributed by atoms with Crippen LogP contribution >= 0.6 is 0 Å². The lowest BCUT2D eigenvalue weighted by molar-refractivity contribution is -0.00943. The van der Waals surface area contributed by atoms with Crippen LogP contribution in [0.15, 0.2) is 54.6 Å². The average molecular weight is 415 g/mol. The summed E-state index contributed by atoms with van der Waals surface area (Å²) in [4.78, 5) is 14.9. The summed E-state index contributed by atoms with van der Waals surface area (Å²) in [5, 5.41) is 19.3. The molecule has 1 saturated heterocycles. The average Bonchev–Trinajstić information content (AvgIpc) is 3.25. The van der Waals surface area contributed by atoms with Crippen molar-refractivity contribution < 1.29 is 19.4 Å². The number of para-hydroxylation sites is 2. The van der Waals surface area contributed by atoms with E-state index in [-0.39, 0.29) is 11.7 Å². The van der Waals surface area contributed by atoms with Gasteiger partial charge in [0.15, 0.2) is 5.60 Å². The SMILES string of the molecule is COc1cc(O)ccc1C(=O)N1CCC2(CC1)Oc1ccccc1-n1c(C#N)ccc12. The molecule has 1 N–H and O–H groups in total. The third-order valence-corrected chi connectivity index (χ3v) is 6.15. The molecular formula is C24H21N3O4. The maximum atomic E-state index is 13.1. The lowest BCUT2D eigenvalue weighted by Crippen LogP contribution is -2.50. The van der Waals surface area contributed by atoms with Crippen molar-refractivity contribution in [2.45, 2.75) is 18.4 Å². The van der Waals surface area contributed by atoms with Gasteiger partial charge in [-0.1, -0.05) is 12.1 Å². The number of benzene rings is 2. The minimum absolute atomic E-state index is 0.0503. The molecule has 2 aliphatic heterocycles. The number of piperidine rings is 1. The van der Waals surface area contributed by atoms with Crippen molar-refractivity contribution in [3.8, 4) is 29.0 Å². The molecule has 0 atom stereocenters. The van der Waals surface area contributed by atoms with Gasteiger partial charge in [-0.25, -0.2) is 0 Å². The number of phenolic OH excluding ortho intramolecular Hbond substituents is 1. The van der Waals surface area contributed by atoms with Crippen LogP contribution in [0.3, 0.4) is 0 Å². The van der Waals surface area contributed by atoms with Gasteiger partial charge in [0.05, 0.1) is 24.1 Å². The largest absolute Gasteiger partial charge is 0.508 e. The second-order valence-corrected chi connectivity index (χ2v) is 7.79. The topological polar surface area (TPSA) is 87.7 Å². The van der Waals surface area contributed by atoms with Crippen LogP contribution in [0, 0.1) is 11.3 Å². The fourth-order valence-electron chi connectivity index (χ4n) is 4.59. The van der Waals surface area contributed by atoms with E-state index in [4.69, 9.17) is 9.47 Å². The van der Waals surface area contributed by atoms with Gasteiger partial charge in [-0.2, -0.15) is 5.26 Å². The summed E-state index contributed by atoms with van der Waals surface area (Å²) in [6.45, 7) is 0.996. The monoisotopic (exact) mass is 415 g/mol. The number of carbonyl (C=O) groups is 1. The maximum absolute atomic E-state index is 13.1. The number of aromatic hydroxyl groups is 1. The number of carbonyl (C=O) groups excluding carboxylic acids is 1. The van der Waals surface area contributed by atoms with Gasteiger partial charge in [-0.05, 0) is 36.4 Å². The molecule has 0 unspecified atom stereocenters. The first kappa shape index (κ1) is 19.1. The molecule has 31 heavy (non-hydrogen) atoms. The van der Waals surface area contributed by atoms with E-state index in [0.29, 0.717) is 42.9 Å². The van der Waals surface area contributed by atoms with Gasteiger partial charge in [0.2, 0.25) is 0 Å². The number of hydrogen-bond acceptors (Lipinski definition) is 5. The van der Waals surface area contributed by atoms with Gasteiger partial charge in [0.25, 0.3) is 5.91 Å². The second kappa shape index (κ2) is 7.10. The summed E-state index contributed by atoms with van der Waals surface area (Å²) in [5.41, 5.74) is 2.19. The van der Waals surface area contributed by atoms with Gasteiger partial charge in [0.1, 0.15) is 29.0 Å². The number of amides is 1. The van der Waals surface area contributed by atoms with Crippen molar-refractivity contribution in [2.24, 2.45) is 0 Å². The zero-order chi connectivity index (χ0) is 21.6. The Morgan fingerprint density at radius 1 is 1.16 bits per heavy atom. The van der Waals surface area contributed by atoms with Gasteiger partial charge in [-0.15, -0.1) is 0 Å². The Balaban J connectivity index is 1.45. The van der Waals surface area contributed by atoms with Crippen LogP contribution in [0.4, 0.5) is 0 Å². The van der Waals surface area contributed by atoms with E-state index in [1.165, 1.54) is 19.2 Å². The number of methoxy groups -OCH3 is 1. The van der Waals surface area contributed by atoms with Crippen LogP contribution in [-0.2, 0) is 5.60 Å². The Bertz CT molecular complexity index is 1220. The number of ether oxygens (including phenoxy) is 2. The molecule has 1 spiro atoms. The number of phenols is 1. The maximum Gasteiger partial charge on any atom is 0.257 e. The Morgan fingerprint density at radius 3 is 2.68 bits per heavy atom. The summed E-state index contributed by atoms with van der Waals surface area (Å²) < 4.78 is 13.8. The summed E-state index contributed by atoms with van der Waals surface area (Å²) >= 11 is 0. The van der Waals surface area contributed by atoms with Crippen molar-refractivity contribution in [1.29, 1.82) is 5.26 Å². The Morgan fingerprint density at radius 2 is 1.94 bits per heavy atom. The number of rotatable bonds is 2. The predicted molar refractivity (Wildman–Crippen MR) is 113 cm³/mol. The van der Waals surface area contributed by atoms with Crippen molar-refractivity contribution in [1.82, 2.24) is 9.47 Å². The van der Waals surface area contributed by atoms with Gasteiger partial charge < -0.3 is 19.5 Å². The zero-order valence-corrected chi connectivity index (χ0v) is 17.0. The van der Waals surface area contributed by atoms with Crippen LogP contribution in [0.5, 0.6) is 17.2 Å². The summed E-state index contributed by atoms with van der Waals surface area (Å²) in [5.74, 6) is 0.994. The van der Waals surface area contributed by atoms with Crippen molar-refractivity contribution in [3.63, 3.8) is 0 Å².